The molecule has 19 heavy (non-hydrogen) atoms. The minimum atomic E-state index is -0.397. The Bertz CT molecular complexity index is 554. The van der Waals surface area contributed by atoms with Gasteiger partial charge < -0.3 is 5.32 Å². The molecule has 0 spiro atoms. The monoisotopic (exact) mass is 322 g/mol. The number of benzene rings is 1. The first kappa shape index (κ1) is 12.7. The maximum absolute atomic E-state index is 12.0. The first-order chi connectivity index (χ1) is 9.02. The van der Waals surface area contributed by atoms with E-state index in [0.717, 1.165) is 17.3 Å². The summed E-state index contributed by atoms with van der Waals surface area (Å²) < 4.78 is 1.03. The Morgan fingerprint density at radius 3 is 2.68 bits per heavy atom. The van der Waals surface area contributed by atoms with Crippen LogP contribution in [0.3, 0.4) is 0 Å². The molecule has 1 atom stereocenters. The Labute approximate surface area is 120 Å². The maximum Gasteiger partial charge on any atom is 0.324 e. The molecule has 1 saturated carbocycles. The van der Waals surface area contributed by atoms with Crippen molar-refractivity contribution in [1.82, 2.24) is 10.2 Å². The van der Waals surface area contributed by atoms with E-state index in [9.17, 15) is 9.59 Å². The van der Waals surface area contributed by atoms with Gasteiger partial charge in [0.25, 0.3) is 5.91 Å². The van der Waals surface area contributed by atoms with Crippen LogP contribution in [0.25, 0.3) is 0 Å². The van der Waals surface area contributed by atoms with Crippen molar-refractivity contribution in [1.29, 1.82) is 0 Å². The number of carbonyl (C=O) groups is 2. The van der Waals surface area contributed by atoms with Crippen LogP contribution >= 0.6 is 15.9 Å². The topological polar surface area (TPSA) is 49.4 Å². The van der Waals surface area contributed by atoms with Crippen LogP contribution in [0, 0.1) is 0 Å². The number of hydrogen-bond donors (Lipinski definition) is 1. The number of nitrogens with zero attached hydrogens (tertiary/aromatic N) is 1. The third-order valence-corrected chi connectivity index (χ3v) is 4.47. The van der Waals surface area contributed by atoms with Gasteiger partial charge in [-0.1, -0.05) is 28.1 Å². The van der Waals surface area contributed by atoms with Crippen molar-refractivity contribution in [3.8, 4) is 0 Å². The minimum absolute atomic E-state index is 0.0408. The third-order valence-electron chi connectivity index (χ3n) is 3.97. The lowest BCUT2D eigenvalue weighted by atomic mass is 9.95. The summed E-state index contributed by atoms with van der Waals surface area (Å²) in [5.41, 5.74) is 1.16. The molecule has 1 aromatic rings. The van der Waals surface area contributed by atoms with Crippen LogP contribution < -0.4 is 5.32 Å². The van der Waals surface area contributed by atoms with Crippen LogP contribution in [0.5, 0.6) is 0 Å². The van der Waals surface area contributed by atoms with E-state index in [1.807, 2.05) is 12.1 Å². The molecule has 0 unspecified atom stereocenters. The smallest absolute Gasteiger partial charge is 0.324 e. The molecule has 2 aliphatic rings. The second kappa shape index (κ2) is 4.34. The van der Waals surface area contributed by atoms with Gasteiger partial charge in [-0.2, -0.15) is 0 Å². The fourth-order valence-electron chi connectivity index (χ4n) is 2.62. The van der Waals surface area contributed by atoms with Gasteiger partial charge >= 0.3 is 6.03 Å². The van der Waals surface area contributed by atoms with Crippen LogP contribution in [0.15, 0.2) is 28.7 Å². The van der Waals surface area contributed by atoms with Crippen LogP contribution in [-0.4, -0.2) is 29.4 Å². The molecule has 0 aromatic heterocycles. The molecule has 1 aliphatic carbocycles. The van der Waals surface area contributed by atoms with Gasteiger partial charge in [0.2, 0.25) is 0 Å². The van der Waals surface area contributed by atoms with Gasteiger partial charge in [-0.05, 0) is 37.5 Å². The van der Waals surface area contributed by atoms with Crippen LogP contribution in [0.1, 0.15) is 25.3 Å². The molecule has 1 saturated heterocycles. The summed E-state index contributed by atoms with van der Waals surface area (Å²) in [7, 11) is 0. The number of halogens is 1. The SMILES string of the molecule is C[C@@H]1NC(=O)N(CC2(c3cccc(Br)c3)CC2)C1=O. The van der Waals surface area contributed by atoms with Crippen LogP contribution in [-0.2, 0) is 10.2 Å². The Hall–Kier alpha value is -1.36. The van der Waals surface area contributed by atoms with E-state index in [4.69, 9.17) is 0 Å². The average Bonchev–Trinajstić information content (AvgIpc) is 3.11. The first-order valence-corrected chi connectivity index (χ1v) is 7.19. The molecule has 1 N–H and O–H groups in total. The predicted molar refractivity (Wildman–Crippen MR) is 74.8 cm³/mol. The molecule has 3 rings (SSSR count). The van der Waals surface area contributed by atoms with Gasteiger partial charge in [0, 0.05) is 16.4 Å². The summed E-state index contributed by atoms with van der Waals surface area (Å²) in [6.07, 6.45) is 2.05. The second-order valence-corrected chi connectivity index (χ2v) is 6.30. The van der Waals surface area contributed by atoms with Gasteiger partial charge in [0.05, 0.1) is 0 Å². The molecule has 0 bridgehead atoms. The van der Waals surface area contributed by atoms with Gasteiger partial charge in [0.1, 0.15) is 6.04 Å². The molecule has 3 amide bonds. The fourth-order valence-corrected chi connectivity index (χ4v) is 3.02. The number of urea groups is 1. The summed E-state index contributed by atoms with van der Waals surface area (Å²) in [6.45, 7) is 2.21. The van der Waals surface area contributed by atoms with Crippen LogP contribution in [0.2, 0.25) is 0 Å². The molecule has 100 valence electrons. The molecule has 2 fully saturated rings. The number of imide groups is 1. The maximum atomic E-state index is 12.0. The van der Waals surface area contributed by atoms with E-state index < -0.39 is 6.04 Å². The Balaban J connectivity index is 1.83. The van der Waals surface area contributed by atoms with Crippen molar-refractivity contribution in [3.05, 3.63) is 34.3 Å². The van der Waals surface area contributed by atoms with Crippen molar-refractivity contribution in [2.24, 2.45) is 0 Å². The third kappa shape index (κ3) is 2.16. The molecule has 5 heteroatoms. The molecule has 1 aromatic carbocycles. The van der Waals surface area contributed by atoms with E-state index in [1.165, 1.54) is 10.5 Å². The van der Waals surface area contributed by atoms with Crippen molar-refractivity contribution in [2.45, 2.75) is 31.2 Å². The lowest BCUT2D eigenvalue weighted by molar-refractivity contribution is -0.127. The average molecular weight is 323 g/mol. The van der Waals surface area contributed by atoms with Gasteiger partial charge in [0.15, 0.2) is 0 Å². The zero-order valence-corrected chi connectivity index (χ0v) is 12.2. The summed E-state index contributed by atoms with van der Waals surface area (Å²) in [4.78, 5) is 25.1. The fraction of sp³-hybridized carbons (Fsp3) is 0.429. The highest BCUT2D eigenvalue weighted by Gasteiger charge is 2.49. The summed E-state index contributed by atoms with van der Waals surface area (Å²) in [5, 5.41) is 2.66. The number of hydrogen-bond acceptors (Lipinski definition) is 2. The lowest BCUT2D eigenvalue weighted by Gasteiger charge is -2.21. The first-order valence-electron chi connectivity index (χ1n) is 6.40. The molecule has 4 nitrogen and oxygen atoms in total. The van der Waals surface area contributed by atoms with Crippen LogP contribution in [0.4, 0.5) is 4.79 Å². The molecule has 1 aliphatic heterocycles. The normalized spacial score (nSPS) is 24.5. The summed E-state index contributed by atoms with van der Waals surface area (Å²) in [6, 6.07) is 7.46. The predicted octanol–water partition coefficient (Wildman–Crippen LogP) is 2.42. The van der Waals surface area contributed by atoms with Gasteiger partial charge in [-0.25, -0.2) is 4.79 Å². The van der Waals surface area contributed by atoms with Crippen molar-refractivity contribution in [3.63, 3.8) is 0 Å². The minimum Gasteiger partial charge on any atom is -0.326 e. The Morgan fingerprint density at radius 2 is 2.16 bits per heavy atom. The van der Waals surface area contributed by atoms with E-state index in [0.29, 0.717) is 6.54 Å². The highest BCUT2D eigenvalue weighted by Crippen LogP contribution is 2.49. The van der Waals surface area contributed by atoms with Gasteiger partial charge in [-0.3, -0.25) is 9.69 Å². The molecule has 0 radical (unpaired) electrons. The Morgan fingerprint density at radius 1 is 1.42 bits per heavy atom. The second-order valence-electron chi connectivity index (χ2n) is 5.39. The van der Waals surface area contributed by atoms with E-state index in [-0.39, 0.29) is 17.4 Å². The zero-order chi connectivity index (χ0) is 13.6. The van der Waals surface area contributed by atoms with Crippen molar-refractivity contribution >= 4 is 27.9 Å². The number of amides is 3. The molecular formula is C14H15BrN2O2. The van der Waals surface area contributed by atoms with E-state index >= 15 is 0 Å². The van der Waals surface area contributed by atoms with Crippen molar-refractivity contribution in [2.75, 3.05) is 6.54 Å². The summed E-state index contributed by atoms with van der Waals surface area (Å²) >= 11 is 3.47. The highest BCUT2D eigenvalue weighted by atomic mass is 79.9. The number of carbonyl (C=O) groups excluding carboxylic acids is 2. The summed E-state index contributed by atoms with van der Waals surface area (Å²) in [5.74, 6) is -0.119. The largest absolute Gasteiger partial charge is 0.326 e. The molecular weight excluding hydrogens is 308 g/mol. The quantitative estimate of drug-likeness (QED) is 0.869. The van der Waals surface area contributed by atoms with Gasteiger partial charge in [-0.15, -0.1) is 0 Å². The highest BCUT2D eigenvalue weighted by molar-refractivity contribution is 9.10. The van der Waals surface area contributed by atoms with Crippen molar-refractivity contribution < 1.29 is 9.59 Å². The Kier molecular flexibility index (Phi) is 2.89. The molecule has 1 heterocycles. The standard InChI is InChI=1S/C14H15BrN2O2/c1-9-12(18)17(13(19)16-9)8-14(5-6-14)10-3-2-4-11(15)7-10/h2-4,7,9H,5-6,8H2,1H3,(H,16,19)/t9-/m0/s1. The van der Waals surface area contributed by atoms with E-state index in [1.54, 1.807) is 6.92 Å². The van der Waals surface area contributed by atoms with E-state index in [2.05, 4.69) is 33.4 Å². The number of rotatable bonds is 3. The zero-order valence-electron chi connectivity index (χ0n) is 10.6. The lowest BCUT2D eigenvalue weighted by Crippen LogP contribution is -2.38. The number of nitrogens with one attached hydrogen (secondary N) is 1.